The van der Waals surface area contributed by atoms with Crippen LogP contribution < -0.4 is 5.32 Å². The van der Waals surface area contributed by atoms with Crippen LogP contribution in [0.2, 0.25) is 0 Å². The van der Waals surface area contributed by atoms with Crippen LogP contribution in [0.5, 0.6) is 0 Å². The van der Waals surface area contributed by atoms with E-state index in [9.17, 15) is 5.11 Å². The van der Waals surface area contributed by atoms with Crippen molar-refractivity contribution in [3.63, 3.8) is 0 Å². The molecule has 1 aromatic heterocycles. The van der Waals surface area contributed by atoms with E-state index >= 15 is 0 Å². The maximum absolute atomic E-state index is 9.76. The number of thiazole rings is 1. The van der Waals surface area contributed by atoms with Gasteiger partial charge in [0.25, 0.3) is 0 Å². The number of aliphatic hydroxyl groups is 1. The fourth-order valence-electron chi connectivity index (χ4n) is 2.04. The first-order chi connectivity index (χ1) is 7.84. The van der Waals surface area contributed by atoms with E-state index in [1.807, 2.05) is 23.7 Å². The maximum Gasteiger partial charge on any atom is 0.131 e. The lowest BCUT2D eigenvalue weighted by Crippen LogP contribution is -2.29. The van der Waals surface area contributed by atoms with Crippen molar-refractivity contribution in [1.29, 1.82) is 0 Å². The van der Waals surface area contributed by atoms with Gasteiger partial charge < -0.3 is 5.11 Å². The van der Waals surface area contributed by atoms with Crippen molar-refractivity contribution in [1.82, 2.24) is 10.3 Å². The van der Waals surface area contributed by atoms with Crippen molar-refractivity contribution in [2.75, 3.05) is 6.54 Å². The first-order valence-electron chi connectivity index (χ1n) is 5.29. The zero-order valence-corrected chi connectivity index (χ0v) is 9.50. The number of hydrogen-bond donors (Lipinski definition) is 2. The number of benzene rings is 1. The fourth-order valence-corrected chi connectivity index (χ4v) is 2.68. The van der Waals surface area contributed by atoms with Gasteiger partial charge in [-0.25, -0.2) is 4.98 Å². The highest BCUT2D eigenvalue weighted by Crippen LogP contribution is 2.28. The minimum Gasteiger partial charge on any atom is -0.374 e. The van der Waals surface area contributed by atoms with Crippen LogP contribution in [0.25, 0.3) is 10.6 Å². The molecule has 1 aliphatic heterocycles. The van der Waals surface area contributed by atoms with Crippen LogP contribution in [-0.2, 0) is 6.42 Å². The number of nitrogens with one attached hydrogen (secondary N) is 1. The Morgan fingerprint density at radius 2 is 2.38 bits per heavy atom. The number of fused-ring (bicyclic) bond motifs is 1. The molecule has 0 saturated carbocycles. The van der Waals surface area contributed by atoms with Gasteiger partial charge in [-0.05, 0) is 23.6 Å². The summed E-state index contributed by atoms with van der Waals surface area (Å²) in [5.41, 5.74) is 3.35. The van der Waals surface area contributed by atoms with Crippen LogP contribution in [0.1, 0.15) is 17.4 Å². The normalized spacial score (nSPS) is 19.4. The van der Waals surface area contributed by atoms with Crippen LogP contribution >= 0.6 is 11.3 Å². The number of aromatic nitrogens is 1. The number of rotatable bonds is 1. The standard InChI is InChI=1S/C12H12N2OS/c15-11-10-2-1-9(12-14-5-6-16-12)7-8(10)3-4-13-11/h1-2,5-7,11,13,15H,3-4H2. The van der Waals surface area contributed by atoms with Gasteiger partial charge in [0.2, 0.25) is 0 Å². The predicted molar refractivity (Wildman–Crippen MR) is 64.2 cm³/mol. The largest absolute Gasteiger partial charge is 0.374 e. The van der Waals surface area contributed by atoms with Gasteiger partial charge in [-0.15, -0.1) is 11.3 Å². The SMILES string of the molecule is OC1NCCc2cc(-c3nccs3)ccc21. The molecule has 0 amide bonds. The van der Waals surface area contributed by atoms with E-state index in [-0.39, 0.29) is 0 Å². The van der Waals surface area contributed by atoms with Crippen LogP contribution in [-0.4, -0.2) is 16.6 Å². The number of nitrogens with zero attached hydrogens (tertiary/aromatic N) is 1. The molecule has 82 valence electrons. The molecule has 1 atom stereocenters. The molecule has 3 nitrogen and oxygen atoms in total. The monoisotopic (exact) mass is 232 g/mol. The van der Waals surface area contributed by atoms with Crippen molar-refractivity contribution in [2.24, 2.45) is 0 Å². The highest BCUT2D eigenvalue weighted by molar-refractivity contribution is 7.13. The molecule has 1 unspecified atom stereocenters. The second-order valence-corrected chi connectivity index (χ2v) is 4.75. The summed E-state index contributed by atoms with van der Waals surface area (Å²) in [7, 11) is 0. The summed E-state index contributed by atoms with van der Waals surface area (Å²) >= 11 is 1.64. The van der Waals surface area contributed by atoms with E-state index in [0.717, 1.165) is 29.1 Å². The zero-order valence-electron chi connectivity index (χ0n) is 8.68. The second-order valence-electron chi connectivity index (χ2n) is 3.86. The zero-order chi connectivity index (χ0) is 11.0. The molecule has 0 aliphatic carbocycles. The Morgan fingerprint density at radius 1 is 1.44 bits per heavy atom. The van der Waals surface area contributed by atoms with E-state index in [1.54, 1.807) is 11.3 Å². The number of aliphatic hydroxyl groups excluding tert-OH is 1. The molecule has 2 N–H and O–H groups in total. The summed E-state index contributed by atoms with van der Waals surface area (Å²) in [5.74, 6) is 0. The van der Waals surface area contributed by atoms with Gasteiger partial charge in [-0.2, -0.15) is 0 Å². The first-order valence-corrected chi connectivity index (χ1v) is 6.17. The lowest BCUT2D eigenvalue weighted by Gasteiger charge is -2.22. The molecule has 2 heterocycles. The van der Waals surface area contributed by atoms with Crippen molar-refractivity contribution < 1.29 is 5.11 Å². The van der Waals surface area contributed by atoms with Gasteiger partial charge in [0.15, 0.2) is 0 Å². The summed E-state index contributed by atoms with van der Waals surface area (Å²) in [4.78, 5) is 4.29. The van der Waals surface area contributed by atoms with Crippen molar-refractivity contribution >= 4 is 11.3 Å². The Kier molecular flexibility index (Phi) is 2.47. The minimum atomic E-state index is -0.519. The summed E-state index contributed by atoms with van der Waals surface area (Å²) in [6.45, 7) is 0.829. The topological polar surface area (TPSA) is 45.1 Å². The summed E-state index contributed by atoms with van der Waals surface area (Å²) in [6.07, 6.45) is 2.26. The van der Waals surface area contributed by atoms with Crippen LogP contribution in [0.3, 0.4) is 0 Å². The molecular weight excluding hydrogens is 220 g/mol. The average Bonchev–Trinajstić information content (AvgIpc) is 2.82. The Bertz CT molecular complexity index is 496. The van der Waals surface area contributed by atoms with E-state index in [2.05, 4.69) is 16.4 Å². The molecule has 1 aromatic carbocycles. The molecule has 0 fully saturated rings. The lowest BCUT2D eigenvalue weighted by atomic mass is 9.97. The Labute approximate surface area is 97.8 Å². The van der Waals surface area contributed by atoms with E-state index in [1.165, 1.54) is 5.56 Å². The van der Waals surface area contributed by atoms with E-state index in [0.29, 0.717) is 0 Å². The predicted octanol–water partition coefficient (Wildman–Crippen LogP) is 1.95. The molecule has 1 aliphatic rings. The van der Waals surface area contributed by atoms with Gasteiger partial charge in [0, 0.05) is 23.7 Å². The second kappa shape index (κ2) is 3.97. The van der Waals surface area contributed by atoms with Crippen LogP contribution in [0.15, 0.2) is 29.8 Å². The summed E-state index contributed by atoms with van der Waals surface area (Å²) in [5, 5.41) is 15.8. The molecule has 0 spiro atoms. The molecule has 0 radical (unpaired) electrons. The van der Waals surface area contributed by atoms with Crippen LogP contribution in [0.4, 0.5) is 0 Å². The van der Waals surface area contributed by atoms with Gasteiger partial charge in [0.1, 0.15) is 11.2 Å². The Morgan fingerprint density at radius 3 is 3.19 bits per heavy atom. The third kappa shape index (κ3) is 1.65. The summed E-state index contributed by atoms with van der Waals surface area (Å²) < 4.78 is 0. The molecular formula is C12H12N2OS. The van der Waals surface area contributed by atoms with Gasteiger partial charge in [0.05, 0.1) is 0 Å². The average molecular weight is 232 g/mol. The third-order valence-corrected chi connectivity index (χ3v) is 3.67. The highest BCUT2D eigenvalue weighted by atomic mass is 32.1. The van der Waals surface area contributed by atoms with Crippen molar-refractivity contribution in [3.8, 4) is 10.6 Å². The van der Waals surface area contributed by atoms with Gasteiger partial charge in [-0.1, -0.05) is 12.1 Å². The quantitative estimate of drug-likeness (QED) is 0.790. The minimum absolute atomic E-state index is 0.519. The number of hydrogen-bond acceptors (Lipinski definition) is 4. The molecule has 0 saturated heterocycles. The first kappa shape index (κ1) is 9.96. The molecule has 3 rings (SSSR count). The van der Waals surface area contributed by atoms with Gasteiger partial charge in [-0.3, -0.25) is 5.32 Å². The Hall–Kier alpha value is -1.23. The molecule has 2 aromatic rings. The lowest BCUT2D eigenvalue weighted by molar-refractivity contribution is 0.132. The Balaban J connectivity index is 2.05. The summed E-state index contributed by atoms with van der Waals surface area (Å²) in [6, 6.07) is 6.15. The van der Waals surface area contributed by atoms with Crippen LogP contribution in [0, 0.1) is 0 Å². The molecule has 0 bridgehead atoms. The highest BCUT2D eigenvalue weighted by Gasteiger charge is 2.17. The smallest absolute Gasteiger partial charge is 0.131 e. The fraction of sp³-hybridized carbons (Fsp3) is 0.250. The molecule has 16 heavy (non-hydrogen) atoms. The maximum atomic E-state index is 9.76. The van der Waals surface area contributed by atoms with E-state index in [4.69, 9.17) is 0 Å². The third-order valence-electron chi connectivity index (χ3n) is 2.85. The van der Waals surface area contributed by atoms with Crippen molar-refractivity contribution in [2.45, 2.75) is 12.6 Å². The van der Waals surface area contributed by atoms with Gasteiger partial charge >= 0.3 is 0 Å². The van der Waals surface area contributed by atoms with Crippen molar-refractivity contribution in [3.05, 3.63) is 40.9 Å². The van der Waals surface area contributed by atoms with E-state index < -0.39 is 6.23 Å². The molecule has 4 heteroatoms.